The third-order valence-electron chi connectivity index (χ3n) is 4.86. The van der Waals surface area contributed by atoms with Gasteiger partial charge >= 0.3 is 5.97 Å². The van der Waals surface area contributed by atoms with E-state index in [0.29, 0.717) is 11.4 Å². The van der Waals surface area contributed by atoms with Crippen LogP contribution in [-0.4, -0.2) is 64.2 Å². The molecule has 0 bridgehead atoms. The number of thioether (sulfide) groups is 1. The van der Waals surface area contributed by atoms with Crippen LogP contribution in [0.4, 0.5) is 11.6 Å². The monoisotopic (exact) mass is 521 g/mol. The SMILES string of the molecule is CC(=O)NC(CSC1CC(=O)N(c2ccc(S(=O)(=O)Nc3nc(C)cc(C)n3)cc2)C1=O)C(=O)O. The van der Waals surface area contributed by atoms with Gasteiger partial charge in [-0.3, -0.25) is 14.4 Å². The molecule has 1 aliphatic heterocycles. The van der Waals surface area contributed by atoms with E-state index >= 15 is 0 Å². The van der Waals surface area contributed by atoms with E-state index in [4.69, 9.17) is 0 Å². The first-order valence-electron chi connectivity index (χ1n) is 10.3. The van der Waals surface area contributed by atoms with Gasteiger partial charge in [-0.05, 0) is 44.2 Å². The van der Waals surface area contributed by atoms with Crippen molar-refractivity contribution in [2.24, 2.45) is 0 Å². The van der Waals surface area contributed by atoms with Crippen LogP contribution in [0.25, 0.3) is 0 Å². The van der Waals surface area contributed by atoms with Gasteiger partial charge < -0.3 is 10.4 Å². The number of anilines is 2. The minimum Gasteiger partial charge on any atom is -0.480 e. The van der Waals surface area contributed by atoms with E-state index in [9.17, 15) is 32.7 Å². The molecule has 2 unspecified atom stereocenters. The van der Waals surface area contributed by atoms with Crippen molar-refractivity contribution in [1.82, 2.24) is 15.3 Å². The van der Waals surface area contributed by atoms with Gasteiger partial charge in [-0.1, -0.05) is 0 Å². The Kier molecular flexibility index (Phi) is 7.75. The Bertz CT molecular complexity index is 1260. The van der Waals surface area contributed by atoms with Crippen LogP contribution in [0.5, 0.6) is 0 Å². The number of carboxylic acids is 1. The van der Waals surface area contributed by atoms with Gasteiger partial charge in [0.25, 0.3) is 10.0 Å². The van der Waals surface area contributed by atoms with Crippen molar-refractivity contribution in [2.45, 2.75) is 43.4 Å². The topological polar surface area (TPSA) is 176 Å². The maximum atomic E-state index is 12.8. The van der Waals surface area contributed by atoms with Crippen LogP contribution in [0.3, 0.4) is 0 Å². The summed E-state index contributed by atoms with van der Waals surface area (Å²) in [6, 6.07) is 5.66. The molecular formula is C21H23N5O7S2. The lowest BCUT2D eigenvalue weighted by Gasteiger charge is -2.17. The number of aliphatic carboxylic acids is 1. The maximum Gasteiger partial charge on any atom is 0.327 e. The van der Waals surface area contributed by atoms with E-state index in [0.717, 1.165) is 16.7 Å². The minimum atomic E-state index is -4.02. The molecule has 0 spiro atoms. The smallest absolute Gasteiger partial charge is 0.327 e. The van der Waals surface area contributed by atoms with Crippen molar-refractivity contribution in [3.05, 3.63) is 41.7 Å². The average molecular weight is 522 g/mol. The van der Waals surface area contributed by atoms with E-state index in [-0.39, 0.29) is 28.7 Å². The lowest BCUT2D eigenvalue weighted by Crippen LogP contribution is -2.42. The van der Waals surface area contributed by atoms with Crippen LogP contribution >= 0.6 is 11.8 Å². The highest BCUT2D eigenvalue weighted by atomic mass is 32.2. The predicted octanol–water partition coefficient (Wildman–Crippen LogP) is 0.849. The van der Waals surface area contributed by atoms with Crippen molar-refractivity contribution in [3.63, 3.8) is 0 Å². The van der Waals surface area contributed by atoms with Gasteiger partial charge in [-0.2, -0.15) is 0 Å². The van der Waals surface area contributed by atoms with Gasteiger partial charge in [-0.15, -0.1) is 11.8 Å². The predicted molar refractivity (Wildman–Crippen MR) is 127 cm³/mol. The minimum absolute atomic E-state index is 0.0738. The number of nitrogens with one attached hydrogen (secondary N) is 2. The maximum absolute atomic E-state index is 12.8. The highest BCUT2D eigenvalue weighted by Gasteiger charge is 2.40. The third kappa shape index (κ3) is 6.33. The zero-order valence-electron chi connectivity index (χ0n) is 19.0. The first-order chi connectivity index (χ1) is 16.4. The van der Waals surface area contributed by atoms with Gasteiger partial charge in [0.15, 0.2) is 0 Å². The molecule has 3 N–H and O–H groups in total. The fourth-order valence-electron chi connectivity index (χ4n) is 3.36. The number of carboxylic acid groups (broad SMARTS) is 1. The Morgan fingerprint density at radius 2 is 1.77 bits per heavy atom. The fraction of sp³-hybridized carbons (Fsp3) is 0.333. The van der Waals surface area contributed by atoms with E-state index in [1.807, 2.05) is 0 Å². The number of sulfonamides is 1. The van der Waals surface area contributed by atoms with Gasteiger partial charge in [-0.25, -0.2) is 32.8 Å². The van der Waals surface area contributed by atoms with Crippen molar-refractivity contribution in [3.8, 4) is 0 Å². The van der Waals surface area contributed by atoms with E-state index in [1.165, 1.54) is 31.2 Å². The number of carbonyl (C=O) groups excluding carboxylic acids is 3. The fourth-order valence-corrected chi connectivity index (χ4v) is 5.47. The van der Waals surface area contributed by atoms with E-state index in [1.54, 1.807) is 19.9 Å². The van der Waals surface area contributed by atoms with Gasteiger partial charge in [0.2, 0.25) is 23.7 Å². The first kappa shape index (κ1) is 26.1. The molecule has 14 heteroatoms. The molecule has 3 rings (SSSR count). The number of nitrogens with zero attached hydrogens (tertiary/aromatic N) is 3. The quantitative estimate of drug-likeness (QED) is 0.401. The highest BCUT2D eigenvalue weighted by Crippen LogP contribution is 2.30. The van der Waals surface area contributed by atoms with Crippen LogP contribution < -0.4 is 14.9 Å². The van der Waals surface area contributed by atoms with Crippen molar-refractivity contribution in [1.29, 1.82) is 0 Å². The summed E-state index contributed by atoms with van der Waals surface area (Å²) in [5.41, 5.74) is 1.37. The standard InChI is InChI=1S/C21H23N5O7S2/c1-11-8-12(2)23-21(22-11)25-35(32,33)15-6-4-14(5-7-15)26-18(28)9-17(19(26)29)34-10-16(20(30)31)24-13(3)27/h4-8,16-17H,9-10H2,1-3H3,(H,24,27)(H,30,31)(H,22,23,25). The van der Waals surface area contributed by atoms with Crippen LogP contribution in [0.2, 0.25) is 0 Å². The van der Waals surface area contributed by atoms with Crippen LogP contribution in [0, 0.1) is 13.8 Å². The Morgan fingerprint density at radius 3 is 2.31 bits per heavy atom. The molecule has 3 amide bonds. The normalized spacial score (nSPS) is 16.8. The zero-order valence-corrected chi connectivity index (χ0v) is 20.6. The number of benzene rings is 1. The summed E-state index contributed by atoms with van der Waals surface area (Å²) in [6.07, 6.45) is -0.151. The first-order valence-corrected chi connectivity index (χ1v) is 12.8. The Morgan fingerprint density at radius 1 is 1.17 bits per heavy atom. The summed E-state index contributed by atoms with van der Waals surface area (Å²) in [5.74, 6) is -3.01. The average Bonchev–Trinajstić information content (AvgIpc) is 3.02. The molecular weight excluding hydrogens is 498 g/mol. The summed E-state index contributed by atoms with van der Waals surface area (Å²) in [7, 11) is -4.02. The molecule has 12 nitrogen and oxygen atoms in total. The molecule has 186 valence electrons. The second-order valence-corrected chi connectivity index (χ2v) is 10.7. The molecule has 2 heterocycles. The molecule has 1 saturated heterocycles. The Balaban J connectivity index is 1.71. The molecule has 1 aromatic carbocycles. The third-order valence-corrected chi connectivity index (χ3v) is 7.50. The number of hydrogen-bond acceptors (Lipinski definition) is 9. The molecule has 2 atom stereocenters. The van der Waals surface area contributed by atoms with Crippen LogP contribution in [-0.2, 0) is 29.2 Å². The number of carbonyl (C=O) groups is 4. The number of imide groups is 1. The van der Waals surface area contributed by atoms with Gasteiger partial charge in [0, 0.05) is 30.5 Å². The number of amides is 3. The molecule has 0 aliphatic carbocycles. The Labute approximate surface area is 205 Å². The van der Waals surface area contributed by atoms with Crippen molar-refractivity contribution < 1.29 is 32.7 Å². The molecule has 1 fully saturated rings. The summed E-state index contributed by atoms with van der Waals surface area (Å²) in [4.78, 5) is 56.7. The number of rotatable bonds is 9. The second kappa shape index (κ2) is 10.4. The zero-order chi connectivity index (χ0) is 25.9. The molecule has 2 aromatic rings. The Hall–Kier alpha value is -3.52. The van der Waals surface area contributed by atoms with E-state index < -0.39 is 45.0 Å². The number of aromatic nitrogens is 2. The van der Waals surface area contributed by atoms with E-state index in [2.05, 4.69) is 20.0 Å². The second-order valence-electron chi connectivity index (χ2n) is 7.76. The molecule has 0 saturated carbocycles. The van der Waals surface area contributed by atoms with Gasteiger partial charge in [0.05, 0.1) is 15.8 Å². The largest absolute Gasteiger partial charge is 0.480 e. The summed E-state index contributed by atoms with van der Waals surface area (Å²) < 4.78 is 27.7. The highest BCUT2D eigenvalue weighted by molar-refractivity contribution is 8.00. The van der Waals surface area contributed by atoms with Crippen molar-refractivity contribution in [2.75, 3.05) is 15.4 Å². The summed E-state index contributed by atoms with van der Waals surface area (Å²) in [5, 5.41) is 10.6. The van der Waals surface area contributed by atoms with Crippen LogP contribution in [0.1, 0.15) is 24.7 Å². The summed E-state index contributed by atoms with van der Waals surface area (Å²) >= 11 is 0.956. The van der Waals surface area contributed by atoms with Crippen LogP contribution in [0.15, 0.2) is 35.2 Å². The molecule has 1 aliphatic rings. The lowest BCUT2D eigenvalue weighted by atomic mass is 10.3. The van der Waals surface area contributed by atoms with Crippen molar-refractivity contribution >= 4 is 57.1 Å². The lowest BCUT2D eigenvalue weighted by molar-refractivity contribution is -0.140. The molecule has 35 heavy (non-hydrogen) atoms. The number of hydrogen-bond donors (Lipinski definition) is 3. The van der Waals surface area contributed by atoms with Gasteiger partial charge in [0.1, 0.15) is 6.04 Å². The summed E-state index contributed by atoms with van der Waals surface area (Å²) in [6.45, 7) is 4.60. The number of aryl methyl sites for hydroxylation is 2. The molecule has 0 radical (unpaired) electrons. The molecule has 1 aromatic heterocycles.